The summed E-state index contributed by atoms with van der Waals surface area (Å²) in [5, 5.41) is 0. The van der Waals surface area contributed by atoms with Crippen LogP contribution in [0.25, 0.3) is 22.5 Å². The smallest absolute Gasteiger partial charge is 0.159 e. The summed E-state index contributed by atoms with van der Waals surface area (Å²) in [5.41, 5.74) is 0.843. The molecule has 0 aliphatic carbocycles. The van der Waals surface area contributed by atoms with E-state index in [0.717, 1.165) is 43.4 Å². The molecule has 0 aliphatic rings. The Morgan fingerprint density at radius 1 is 0.821 bits per heavy atom. The van der Waals surface area contributed by atoms with Crippen molar-refractivity contribution in [1.29, 1.82) is 0 Å². The largest absolute Gasteiger partial charge is 0.246 e. The van der Waals surface area contributed by atoms with Crippen LogP contribution in [0.15, 0.2) is 42.7 Å². The average Bonchev–Trinajstić information content (AvgIpc) is 2.68. The second-order valence-corrected chi connectivity index (χ2v) is 6.62. The molecule has 1 heterocycles. The highest BCUT2D eigenvalue weighted by atomic mass is 19.1. The van der Waals surface area contributed by atoms with E-state index >= 15 is 0 Å². The van der Waals surface area contributed by atoms with E-state index in [0.29, 0.717) is 11.4 Å². The molecule has 0 fully saturated rings. The van der Waals surface area contributed by atoms with Gasteiger partial charge in [-0.3, -0.25) is 0 Å². The normalized spacial score (nSPS) is 11.0. The summed E-state index contributed by atoms with van der Waals surface area (Å²) in [6.07, 6.45) is 7.69. The lowest BCUT2D eigenvalue weighted by Gasteiger charge is -2.09. The van der Waals surface area contributed by atoms with Crippen LogP contribution >= 0.6 is 0 Å². The zero-order valence-corrected chi connectivity index (χ0v) is 15.5. The van der Waals surface area contributed by atoms with E-state index in [-0.39, 0.29) is 11.1 Å². The number of halogens is 4. The Kier molecular flexibility index (Phi) is 6.39. The summed E-state index contributed by atoms with van der Waals surface area (Å²) in [4.78, 5) is 8.57. The molecule has 3 aromatic rings. The fraction of sp³-hybridized carbons (Fsp3) is 0.273. The molecule has 6 heteroatoms. The zero-order valence-electron chi connectivity index (χ0n) is 15.5. The van der Waals surface area contributed by atoms with E-state index in [1.807, 2.05) is 0 Å². The quantitative estimate of drug-likeness (QED) is 0.344. The number of aromatic nitrogens is 2. The molecular formula is C22H20F4N2. The predicted molar refractivity (Wildman–Crippen MR) is 101 cm³/mol. The van der Waals surface area contributed by atoms with Crippen molar-refractivity contribution in [2.24, 2.45) is 0 Å². The number of alkyl halides is 1. The summed E-state index contributed by atoms with van der Waals surface area (Å²) < 4.78 is 54.8. The summed E-state index contributed by atoms with van der Waals surface area (Å²) in [7, 11) is 0. The monoisotopic (exact) mass is 388 g/mol. The minimum Gasteiger partial charge on any atom is -0.246 e. The summed E-state index contributed by atoms with van der Waals surface area (Å²) >= 11 is 0. The molecule has 3 rings (SSSR count). The molecule has 2 aromatic carbocycles. The molecule has 0 amide bonds. The van der Waals surface area contributed by atoms with Crippen LogP contribution in [-0.2, 0) is 13.1 Å². The third-order valence-corrected chi connectivity index (χ3v) is 4.59. The molecule has 0 saturated heterocycles. The molecule has 0 N–H and O–H groups in total. The Morgan fingerprint density at radius 3 is 2.04 bits per heavy atom. The van der Waals surface area contributed by atoms with Crippen molar-refractivity contribution in [2.75, 3.05) is 0 Å². The summed E-state index contributed by atoms with van der Waals surface area (Å²) in [6, 6.07) is 6.07. The van der Waals surface area contributed by atoms with Crippen molar-refractivity contribution in [3.63, 3.8) is 0 Å². The first kappa shape index (κ1) is 20.0. The van der Waals surface area contributed by atoms with Gasteiger partial charge >= 0.3 is 0 Å². The second-order valence-electron chi connectivity index (χ2n) is 6.62. The maximum atomic E-state index is 14.6. The van der Waals surface area contributed by atoms with Crippen LogP contribution in [0, 0.1) is 17.5 Å². The van der Waals surface area contributed by atoms with Crippen LogP contribution in [0.5, 0.6) is 0 Å². The number of rotatable bonds is 7. The van der Waals surface area contributed by atoms with E-state index in [4.69, 9.17) is 0 Å². The molecule has 0 saturated carbocycles. The lowest BCUT2D eigenvalue weighted by atomic mass is 10.0. The van der Waals surface area contributed by atoms with Crippen LogP contribution in [-0.4, -0.2) is 9.97 Å². The van der Waals surface area contributed by atoms with E-state index in [9.17, 15) is 17.6 Å². The molecule has 0 atom stereocenters. The highest BCUT2D eigenvalue weighted by Gasteiger charge is 2.15. The molecule has 2 nitrogen and oxygen atoms in total. The zero-order chi connectivity index (χ0) is 20.1. The van der Waals surface area contributed by atoms with Crippen LogP contribution in [0.4, 0.5) is 17.6 Å². The van der Waals surface area contributed by atoms with Gasteiger partial charge in [0.25, 0.3) is 0 Å². The maximum Gasteiger partial charge on any atom is 0.159 e. The third kappa shape index (κ3) is 4.38. The number of nitrogens with zero attached hydrogens (tertiary/aromatic N) is 2. The molecule has 28 heavy (non-hydrogen) atoms. The van der Waals surface area contributed by atoms with E-state index < -0.39 is 29.7 Å². The van der Waals surface area contributed by atoms with Gasteiger partial charge in [0.1, 0.15) is 24.1 Å². The van der Waals surface area contributed by atoms with Crippen LogP contribution in [0.3, 0.4) is 0 Å². The van der Waals surface area contributed by atoms with Gasteiger partial charge in [0.05, 0.1) is 5.56 Å². The topological polar surface area (TPSA) is 25.8 Å². The standard InChI is InChI=1S/C22H20F4N2/c1-2-3-4-5-14-12-27-22(28-13-14)15-6-7-17(19(24)8-15)16-9-20(25)18(11-23)21(26)10-16/h6-10,12-13H,2-5,11H2,1H3. The minimum absolute atomic E-state index is 0.00319. The molecule has 0 spiro atoms. The maximum absolute atomic E-state index is 14.6. The fourth-order valence-electron chi connectivity index (χ4n) is 2.99. The van der Waals surface area contributed by atoms with Gasteiger partial charge in [-0.25, -0.2) is 27.5 Å². The number of benzene rings is 2. The lowest BCUT2D eigenvalue weighted by molar-refractivity contribution is 0.440. The molecule has 0 radical (unpaired) electrons. The molecule has 0 bridgehead atoms. The van der Waals surface area contributed by atoms with Gasteiger partial charge in [-0.2, -0.15) is 0 Å². The summed E-state index contributed by atoms with van der Waals surface area (Å²) in [6.45, 7) is 0.876. The highest BCUT2D eigenvalue weighted by Crippen LogP contribution is 2.29. The molecule has 0 aliphatic heterocycles. The van der Waals surface area contributed by atoms with Crippen molar-refractivity contribution >= 4 is 0 Å². The highest BCUT2D eigenvalue weighted by molar-refractivity contribution is 5.69. The average molecular weight is 388 g/mol. The van der Waals surface area contributed by atoms with Crippen LogP contribution in [0.2, 0.25) is 0 Å². The predicted octanol–water partition coefficient (Wildman–Crippen LogP) is 6.43. The van der Waals surface area contributed by atoms with Crippen LogP contribution in [0.1, 0.15) is 37.3 Å². The number of hydrogen-bond donors (Lipinski definition) is 0. The SMILES string of the molecule is CCCCCc1cnc(-c2ccc(-c3cc(F)c(CF)c(F)c3)c(F)c2)nc1. The second kappa shape index (κ2) is 8.95. The van der Waals surface area contributed by atoms with Gasteiger partial charge in [0.2, 0.25) is 0 Å². The number of aryl methyl sites for hydroxylation is 1. The van der Waals surface area contributed by atoms with Crippen molar-refractivity contribution in [1.82, 2.24) is 9.97 Å². The Balaban J connectivity index is 1.85. The van der Waals surface area contributed by atoms with Crippen molar-refractivity contribution in [3.05, 3.63) is 71.3 Å². The fourth-order valence-corrected chi connectivity index (χ4v) is 2.99. The Hall–Kier alpha value is -2.76. The Bertz CT molecular complexity index is 932. The molecule has 146 valence electrons. The van der Waals surface area contributed by atoms with Gasteiger partial charge in [-0.15, -0.1) is 0 Å². The summed E-state index contributed by atoms with van der Waals surface area (Å²) in [5.74, 6) is -2.37. The van der Waals surface area contributed by atoms with Gasteiger partial charge in [-0.1, -0.05) is 31.9 Å². The van der Waals surface area contributed by atoms with Gasteiger partial charge in [0, 0.05) is 23.5 Å². The number of unbranched alkanes of at least 4 members (excludes halogenated alkanes) is 2. The Labute approximate surface area is 161 Å². The molecule has 1 aromatic heterocycles. The first-order chi connectivity index (χ1) is 13.5. The molecular weight excluding hydrogens is 368 g/mol. The first-order valence-electron chi connectivity index (χ1n) is 9.18. The van der Waals surface area contributed by atoms with E-state index in [1.54, 1.807) is 18.5 Å². The van der Waals surface area contributed by atoms with Crippen molar-refractivity contribution in [2.45, 2.75) is 39.3 Å². The first-order valence-corrected chi connectivity index (χ1v) is 9.18. The Morgan fingerprint density at radius 2 is 1.46 bits per heavy atom. The third-order valence-electron chi connectivity index (χ3n) is 4.59. The van der Waals surface area contributed by atoms with E-state index in [2.05, 4.69) is 16.9 Å². The van der Waals surface area contributed by atoms with Gasteiger partial charge in [-0.05, 0) is 42.2 Å². The van der Waals surface area contributed by atoms with Crippen LogP contribution < -0.4 is 0 Å². The van der Waals surface area contributed by atoms with Gasteiger partial charge < -0.3 is 0 Å². The van der Waals surface area contributed by atoms with Gasteiger partial charge in [0.15, 0.2) is 5.82 Å². The lowest BCUT2D eigenvalue weighted by Crippen LogP contribution is -1.97. The van der Waals surface area contributed by atoms with Crippen molar-refractivity contribution in [3.8, 4) is 22.5 Å². The van der Waals surface area contributed by atoms with E-state index in [1.165, 1.54) is 12.1 Å². The number of hydrogen-bond acceptors (Lipinski definition) is 2. The molecule has 0 unspecified atom stereocenters. The van der Waals surface area contributed by atoms with Crippen molar-refractivity contribution < 1.29 is 17.6 Å². The minimum atomic E-state index is -1.26.